The molecule has 0 aliphatic rings. The average Bonchev–Trinajstić information content (AvgIpc) is 3.20. The van der Waals surface area contributed by atoms with Crippen LogP contribution in [0, 0.1) is 22.7 Å². The Hall–Kier alpha value is -3.01. The first-order valence-corrected chi connectivity index (χ1v) is 8.40. The lowest BCUT2D eigenvalue weighted by atomic mass is 10.2. The highest BCUT2D eigenvalue weighted by Gasteiger charge is 2.21. The van der Waals surface area contributed by atoms with Crippen molar-refractivity contribution in [2.45, 2.75) is 0 Å². The summed E-state index contributed by atoms with van der Waals surface area (Å²) in [6.45, 7) is 0. The fraction of sp³-hybridized carbons (Fsp3) is 0.133. The SMILES string of the molecule is CN(C)/C=N/c1c(C#N)sc2nc(-c3cccs3)c(C#N)c(=O)n12. The van der Waals surface area contributed by atoms with Crippen molar-refractivity contribution >= 4 is 39.8 Å². The Morgan fingerprint density at radius 3 is 2.75 bits per heavy atom. The smallest absolute Gasteiger partial charge is 0.278 e. The van der Waals surface area contributed by atoms with Crippen LogP contribution in [0.25, 0.3) is 15.5 Å². The number of aromatic nitrogens is 2. The molecular formula is C15H10N6OS2. The topological polar surface area (TPSA) is 97.5 Å². The molecule has 0 saturated heterocycles. The van der Waals surface area contributed by atoms with E-state index in [0.717, 1.165) is 16.2 Å². The van der Waals surface area contributed by atoms with E-state index in [-0.39, 0.29) is 16.3 Å². The molecule has 3 aromatic rings. The summed E-state index contributed by atoms with van der Waals surface area (Å²) in [6, 6.07) is 7.59. The standard InChI is InChI=1S/C15H10N6OS2/c1-20(2)8-18-13-11(7-17)24-15-19-12(10-4-3-5-23-10)9(6-16)14(22)21(13)15/h3-5,8H,1-2H3/b18-8+. The molecule has 0 aliphatic heterocycles. The van der Waals surface area contributed by atoms with E-state index >= 15 is 0 Å². The Bertz CT molecular complexity index is 1080. The zero-order valence-electron chi connectivity index (χ0n) is 12.7. The van der Waals surface area contributed by atoms with Crippen molar-refractivity contribution in [1.82, 2.24) is 14.3 Å². The first-order valence-electron chi connectivity index (χ1n) is 6.71. The van der Waals surface area contributed by atoms with E-state index in [1.54, 1.807) is 25.1 Å². The van der Waals surface area contributed by atoms with Gasteiger partial charge in [0.1, 0.15) is 23.4 Å². The first kappa shape index (κ1) is 15.9. The molecular weight excluding hydrogens is 344 g/mol. The molecule has 9 heteroatoms. The van der Waals surface area contributed by atoms with Crippen molar-refractivity contribution in [3.63, 3.8) is 0 Å². The van der Waals surface area contributed by atoms with Gasteiger partial charge in [0, 0.05) is 14.1 Å². The highest BCUT2D eigenvalue weighted by molar-refractivity contribution is 7.18. The number of aliphatic imine (C=N–C) groups is 1. The van der Waals surface area contributed by atoms with Crippen LogP contribution in [0.3, 0.4) is 0 Å². The Morgan fingerprint density at radius 2 is 2.17 bits per heavy atom. The number of hydrogen-bond donors (Lipinski definition) is 0. The minimum atomic E-state index is -0.519. The summed E-state index contributed by atoms with van der Waals surface area (Å²) in [5.41, 5.74) is -0.237. The lowest BCUT2D eigenvalue weighted by Crippen LogP contribution is -2.18. The molecule has 0 amide bonds. The molecule has 0 bridgehead atoms. The van der Waals surface area contributed by atoms with Gasteiger partial charge >= 0.3 is 0 Å². The molecule has 3 aromatic heterocycles. The number of hydrogen-bond acceptors (Lipinski definition) is 7. The normalized spacial score (nSPS) is 10.8. The van der Waals surface area contributed by atoms with Crippen LogP contribution in [0.5, 0.6) is 0 Å². The van der Waals surface area contributed by atoms with Gasteiger partial charge in [0.2, 0.25) is 0 Å². The molecule has 3 rings (SSSR count). The van der Waals surface area contributed by atoms with Crippen molar-refractivity contribution in [3.8, 4) is 22.7 Å². The van der Waals surface area contributed by atoms with Gasteiger partial charge in [0.15, 0.2) is 15.7 Å². The average molecular weight is 354 g/mol. The monoisotopic (exact) mass is 354 g/mol. The fourth-order valence-corrected chi connectivity index (χ4v) is 3.63. The summed E-state index contributed by atoms with van der Waals surface area (Å²) in [5, 5.41) is 20.6. The molecule has 0 aromatic carbocycles. The molecule has 0 radical (unpaired) electrons. The third-order valence-corrected chi connectivity index (χ3v) is 4.85. The highest BCUT2D eigenvalue weighted by atomic mass is 32.1. The molecule has 7 nitrogen and oxygen atoms in total. The Balaban J connectivity index is 2.39. The maximum atomic E-state index is 12.8. The third-order valence-electron chi connectivity index (χ3n) is 3.04. The molecule has 0 unspecified atom stereocenters. The van der Waals surface area contributed by atoms with Gasteiger partial charge in [0.25, 0.3) is 5.56 Å². The number of thiazole rings is 1. The number of thiophene rings is 1. The first-order chi connectivity index (χ1) is 11.6. The van der Waals surface area contributed by atoms with E-state index in [0.29, 0.717) is 10.7 Å². The summed E-state index contributed by atoms with van der Waals surface area (Å²) in [5.74, 6) is 0.193. The van der Waals surface area contributed by atoms with E-state index < -0.39 is 5.56 Å². The van der Waals surface area contributed by atoms with Gasteiger partial charge in [-0.15, -0.1) is 11.3 Å². The van der Waals surface area contributed by atoms with Crippen molar-refractivity contribution in [2.24, 2.45) is 4.99 Å². The molecule has 0 atom stereocenters. The fourth-order valence-electron chi connectivity index (χ4n) is 2.05. The minimum Gasteiger partial charge on any atom is -0.369 e. The second-order valence-electron chi connectivity index (χ2n) is 4.92. The van der Waals surface area contributed by atoms with Crippen molar-refractivity contribution in [2.75, 3.05) is 14.1 Å². The predicted octanol–water partition coefficient (Wildman–Crippen LogP) is 2.45. The summed E-state index contributed by atoms with van der Waals surface area (Å²) >= 11 is 2.47. The van der Waals surface area contributed by atoms with Gasteiger partial charge < -0.3 is 4.90 Å². The van der Waals surface area contributed by atoms with Crippen LogP contribution in [0.4, 0.5) is 5.82 Å². The van der Waals surface area contributed by atoms with Crippen LogP contribution >= 0.6 is 22.7 Å². The molecule has 0 spiro atoms. The van der Waals surface area contributed by atoms with E-state index in [2.05, 4.69) is 9.98 Å². The molecule has 0 aliphatic carbocycles. The number of nitriles is 2. The summed E-state index contributed by atoms with van der Waals surface area (Å²) in [6.07, 6.45) is 1.49. The summed E-state index contributed by atoms with van der Waals surface area (Å²) in [7, 11) is 3.56. The molecule has 3 heterocycles. The van der Waals surface area contributed by atoms with Crippen LogP contribution in [0.1, 0.15) is 10.4 Å². The van der Waals surface area contributed by atoms with Crippen LogP contribution in [0.15, 0.2) is 27.3 Å². The quantitative estimate of drug-likeness (QED) is 0.531. The van der Waals surface area contributed by atoms with E-state index in [4.69, 9.17) is 0 Å². The van der Waals surface area contributed by atoms with Crippen LogP contribution in [-0.2, 0) is 0 Å². The molecule has 0 N–H and O–H groups in total. The molecule has 0 saturated carbocycles. The maximum Gasteiger partial charge on any atom is 0.278 e. The van der Waals surface area contributed by atoms with Gasteiger partial charge in [-0.1, -0.05) is 17.4 Å². The van der Waals surface area contributed by atoms with Gasteiger partial charge in [-0.05, 0) is 11.4 Å². The maximum absolute atomic E-state index is 12.8. The summed E-state index contributed by atoms with van der Waals surface area (Å²) < 4.78 is 1.22. The number of nitrogens with zero attached hydrogens (tertiary/aromatic N) is 6. The number of rotatable bonds is 3. The summed E-state index contributed by atoms with van der Waals surface area (Å²) in [4.78, 5) is 24.4. The predicted molar refractivity (Wildman–Crippen MR) is 93.9 cm³/mol. The Kier molecular flexibility index (Phi) is 4.13. The van der Waals surface area contributed by atoms with Crippen LogP contribution in [-0.4, -0.2) is 34.7 Å². The van der Waals surface area contributed by atoms with Crippen LogP contribution < -0.4 is 5.56 Å². The second kappa shape index (κ2) is 6.24. The van der Waals surface area contributed by atoms with Crippen LogP contribution in [0.2, 0.25) is 0 Å². The minimum absolute atomic E-state index is 0.0569. The Morgan fingerprint density at radius 1 is 1.38 bits per heavy atom. The molecule has 118 valence electrons. The van der Waals surface area contributed by atoms with E-state index in [9.17, 15) is 15.3 Å². The van der Waals surface area contributed by atoms with Crippen molar-refractivity contribution < 1.29 is 0 Å². The van der Waals surface area contributed by atoms with Gasteiger partial charge in [-0.3, -0.25) is 4.79 Å². The lowest BCUT2D eigenvalue weighted by molar-refractivity contribution is 0.643. The zero-order chi connectivity index (χ0) is 17.3. The van der Waals surface area contributed by atoms with E-state index in [1.165, 1.54) is 22.1 Å². The lowest BCUT2D eigenvalue weighted by Gasteiger charge is -2.04. The zero-order valence-corrected chi connectivity index (χ0v) is 14.4. The second-order valence-corrected chi connectivity index (χ2v) is 6.85. The van der Waals surface area contributed by atoms with Gasteiger partial charge in [0.05, 0.1) is 11.2 Å². The van der Waals surface area contributed by atoms with Crippen molar-refractivity contribution in [3.05, 3.63) is 38.3 Å². The van der Waals surface area contributed by atoms with Gasteiger partial charge in [-0.25, -0.2) is 14.4 Å². The third kappa shape index (κ3) is 2.56. The van der Waals surface area contributed by atoms with Gasteiger partial charge in [-0.2, -0.15) is 10.5 Å². The number of fused-ring (bicyclic) bond motifs is 1. The Labute approximate surface area is 145 Å². The van der Waals surface area contributed by atoms with Crippen molar-refractivity contribution in [1.29, 1.82) is 10.5 Å². The largest absolute Gasteiger partial charge is 0.369 e. The molecule has 0 fully saturated rings. The highest BCUT2D eigenvalue weighted by Crippen LogP contribution is 2.31. The molecule has 24 heavy (non-hydrogen) atoms. The van der Waals surface area contributed by atoms with E-state index in [1.807, 2.05) is 23.6 Å².